The van der Waals surface area contributed by atoms with E-state index in [9.17, 15) is 4.39 Å². The molecule has 0 spiro atoms. The molecule has 5 atom stereocenters. The van der Waals surface area contributed by atoms with E-state index < -0.39 is 5.82 Å². The van der Waals surface area contributed by atoms with Gasteiger partial charge in [0.25, 0.3) is 0 Å². The average molecular weight is 388 g/mol. The van der Waals surface area contributed by atoms with Gasteiger partial charge in [-0.15, -0.1) is 0 Å². The maximum Gasteiger partial charge on any atom is 0.232 e. The highest BCUT2D eigenvalue weighted by Crippen LogP contribution is 2.62. The van der Waals surface area contributed by atoms with Crippen LogP contribution in [0.2, 0.25) is 5.02 Å². The Morgan fingerprint density at radius 3 is 2.93 bits per heavy atom. The van der Waals surface area contributed by atoms with Crippen molar-refractivity contribution < 1.29 is 13.7 Å². The Morgan fingerprint density at radius 1 is 1.26 bits per heavy atom. The molecule has 1 aromatic carbocycles. The standard InChI is InChI=1S/C18H15ClFN5O2/c19-7-1-2-13(12(20)3-7)25-16(21)11(6-22-25)17-23-18(27-24-17)10-5-14-8-4-9(8)15(10)26-14/h1-3,6,8-10,14-15H,4-5,21H2/t8-,9+,10-,14+,15+/m1/s1. The van der Waals surface area contributed by atoms with E-state index in [0.717, 1.165) is 12.3 Å². The molecule has 2 aromatic heterocycles. The van der Waals surface area contributed by atoms with Crippen molar-refractivity contribution in [3.05, 3.63) is 41.1 Å². The van der Waals surface area contributed by atoms with Crippen LogP contribution >= 0.6 is 11.6 Å². The molecule has 0 radical (unpaired) electrons. The van der Waals surface area contributed by atoms with E-state index >= 15 is 0 Å². The first-order valence-corrected chi connectivity index (χ1v) is 9.26. The molecule has 4 heterocycles. The molecule has 0 amide bonds. The minimum Gasteiger partial charge on any atom is -0.383 e. The molecule has 2 aliphatic heterocycles. The smallest absolute Gasteiger partial charge is 0.232 e. The van der Waals surface area contributed by atoms with Crippen LogP contribution in [-0.4, -0.2) is 32.1 Å². The Hall–Kier alpha value is -2.45. The number of hydrogen-bond acceptors (Lipinski definition) is 6. The molecule has 1 saturated carbocycles. The van der Waals surface area contributed by atoms with E-state index in [1.807, 2.05) is 0 Å². The lowest BCUT2D eigenvalue weighted by atomic mass is 9.89. The number of nitrogen functional groups attached to an aromatic ring is 1. The van der Waals surface area contributed by atoms with Crippen molar-refractivity contribution in [1.29, 1.82) is 0 Å². The van der Waals surface area contributed by atoms with Crippen molar-refractivity contribution in [3.63, 3.8) is 0 Å². The van der Waals surface area contributed by atoms with Gasteiger partial charge in [0.1, 0.15) is 17.3 Å². The van der Waals surface area contributed by atoms with E-state index in [1.54, 1.807) is 6.07 Å². The van der Waals surface area contributed by atoms with Gasteiger partial charge in [-0.1, -0.05) is 16.8 Å². The van der Waals surface area contributed by atoms with Crippen LogP contribution in [0.15, 0.2) is 28.9 Å². The molecule has 9 heteroatoms. The summed E-state index contributed by atoms with van der Waals surface area (Å²) in [7, 11) is 0. The van der Waals surface area contributed by atoms with Crippen molar-refractivity contribution in [3.8, 4) is 17.1 Å². The second-order valence-corrected chi connectivity index (χ2v) is 7.89. The number of anilines is 1. The van der Waals surface area contributed by atoms with Gasteiger partial charge in [0.15, 0.2) is 0 Å². The van der Waals surface area contributed by atoms with Gasteiger partial charge in [-0.25, -0.2) is 9.07 Å². The van der Waals surface area contributed by atoms with E-state index in [1.165, 1.54) is 29.4 Å². The molecule has 27 heavy (non-hydrogen) atoms. The minimum absolute atomic E-state index is 0.143. The van der Waals surface area contributed by atoms with Crippen LogP contribution in [0.25, 0.3) is 17.1 Å². The molecule has 3 aromatic rings. The first-order chi connectivity index (χ1) is 13.1. The molecule has 3 fully saturated rings. The van der Waals surface area contributed by atoms with Crippen molar-refractivity contribution in [2.45, 2.75) is 31.0 Å². The summed E-state index contributed by atoms with van der Waals surface area (Å²) in [6, 6.07) is 4.31. The van der Waals surface area contributed by atoms with E-state index in [4.69, 9.17) is 26.6 Å². The molecule has 3 aliphatic rings. The largest absolute Gasteiger partial charge is 0.383 e. The third-order valence-electron chi connectivity index (χ3n) is 5.95. The van der Waals surface area contributed by atoms with Gasteiger partial charge in [0.2, 0.25) is 11.7 Å². The van der Waals surface area contributed by atoms with Gasteiger partial charge in [-0.3, -0.25) is 0 Å². The highest BCUT2D eigenvalue weighted by atomic mass is 35.5. The third kappa shape index (κ3) is 2.20. The lowest BCUT2D eigenvalue weighted by Gasteiger charge is -2.13. The Kier molecular flexibility index (Phi) is 3.06. The molecular weight excluding hydrogens is 373 g/mol. The van der Waals surface area contributed by atoms with Crippen LogP contribution in [0.3, 0.4) is 0 Å². The van der Waals surface area contributed by atoms with Crippen LogP contribution in [0, 0.1) is 17.7 Å². The van der Waals surface area contributed by atoms with E-state index in [2.05, 4.69) is 15.2 Å². The SMILES string of the molecule is Nc1c(-c2noc([C@@H]3C[C@@H]4O[C@H]3[C@H]3C[C@H]34)n2)cnn1-c1ccc(Cl)cc1F. The monoisotopic (exact) mass is 387 g/mol. The van der Waals surface area contributed by atoms with Gasteiger partial charge in [0.05, 0.1) is 29.9 Å². The number of halogens is 2. The lowest BCUT2D eigenvalue weighted by Crippen LogP contribution is -2.17. The zero-order valence-electron chi connectivity index (χ0n) is 14.0. The average Bonchev–Trinajstić information content (AvgIpc) is 3.00. The van der Waals surface area contributed by atoms with Crippen LogP contribution in [0.5, 0.6) is 0 Å². The molecule has 7 nitrogen and oxygen atoms in total. The van der Waals surface area contributed by atoms with Crippen LogP contribution in [-0.2, 0) is 4.74 Å². The van der Waals surface area contributed by atoms with Crippen LogP contribution in [0.1, 0.15) is 24.7 Å². The summed E-state index contributed by atoms with van der Waals surface area (Å²) in [5.74, 6) is 2.16. The number of rotatable bonds is 3. The maximum atomic E-state index is 14.2. The molecule has 6 rings (SSSR count). The van der Waals surface area contributed by atoms with Gasteiger partial charge in [-0.2, -0.15) is 10.1 Å². The van der Waals surface area contributed by atoms with Crippen LogP contribution in [0.4, 0.5) is 10.2 Å². The highest BCUT2D eigenvalue weighted by molar-refractivity contribution is 6.30. The number of benzene rings is 1. The molecule has 1 aliphatic carbocycles. The van der Waals surface area contributed by atoms with Crippen LogP contribution < -0.4 is 5.73 Å². The Morgan fingerprint density at radius 2 is 2.15 bits per heavy atom. The topological polar surface area (TPSA) is 92.0 Å². The molecule has 2 N–H and O–H groups in total. The first kappa shape index (κ1) is 15.6. The highest BCUT2D eigenvalue weighted by Gasteiger charge is 2.64. The number of nitrogens with two attached hydrogens (primary N) is 1. The third-order valence-corrected chi connectivity index (χ3v) is 6.18. The maximum absolute atomic E-state index is 14.2. The van der Waals surface area contributed by atoms with Gasteiger partial charge in [-0.05, 0) is 42.9 Å². The molecule has 2 saturated heterocycles. The number of ether oxygens (including phenoxy) is 1. The summed E-state index contributed by atoms with van der Waals surface area (Å²) in [6.45, 7) is 0. The lowest BCUT2D eigenvalue weighted by molar-refractivity contribution is 0.0659. The minimum atomic E-state index is -0.518. The summed E-state index contributed by atoms with van der Waals surface area (Å²) < 4.78 is 27.0. The predicted octanol–water partition coefficient (Wildman–Crippen LogP) is 3.19. The van der Waals surface area contributed by atoms with Gasteiger partial charge >= 0.3 is 0 Å². The van der Waals surface area contributed by atoms with Crippen molar-refractivity contribution in [2.24, 2.45) is 11.8 Å². The van der Waals surface area contributed by atoms with E-state index in [-0.39, 0.29) is 23.5 Å². The molecule has 138 valence electrons. The zero-order valence-corrected chi connectivity index (χ0v) is 14.8. The fraction of sp³-hybridized carbons (Fsp3) is 0.389. The quantitative estimate of drug-likeness (QED) is 0.742. The summed E-state index contributed by atoms with van der Waals surface area (Å²) >= 11 is 5.81. The fourth-order valence-electron chi connectivity index (χ4n) is 4.56. The number of fused-ring (bicyclic) bond motifs is 5. The van der Waals surface area contributed by atoms with Crippen molar-refractivity contribution >= 4 is 17.4 Å². The normalized spacial score (nSPS) is 30.7. The molecule has 0 unspecified atom stereocenters. The van der Waals surface area contributed by atoms with Crippen molar-refractivity contribution in [2.75, 3.05) is 5.73 Å². The number of aromatic nitrogens is 4. The Balaban J connectivity index is 1.33. The fourth-order valence-corrected chi connectivity index (χ4v) is 4.72. The summed E-state index contributed by atoms with van der Waals surface area (Å²) in [4.78, 5) is 4.53. The number of hydrogen-bond donors (Lipinski definition) is 1. The number of nitrogens with zero attached hydrogens (tertiary/aromatic N) is 4. The molecular formula is C18H15ClFN5O2. The second-order valence-electron chi connectivity index (χ2n) is 7.45. The summed E-state index contributed by atoms with van der Waals surface area (Å²) in [5, 5.41) is 8.55. The Labute approximate surface area is 158 Å². The van der Waals surface area contributed by atoms with Crippen molar-refractivity contribution in [1.82, 2.24) is 19.9 Å². The predicted molar refractivity (Wildman–Crippen MR) is 93.9 cm³/mol. The first-order valence-electron chi connectivity index (χ1n) is 8.88. The summed E-state index contributed by atoms with van der Waals surface area (Å²) in [6.07, 6.45) is 4.21. The molecule has 2 bridgehead atoms. The van der Waals surface area contributed by atoms with Gasteiger partial charge < -0.3 is 15.0 Å². The summed E-state index contributed by atoms with van der Waals surface area (Å²) in [5.41, 5.74) is 6.88. The zero-order chi connectivity index (χ0) is 18.3. The Bertz CT molecular complexity index is 1070. The van der Waals surface area contributed by atoms with E-state index in [0.29, 0.717) is 34.3 Å². The van der Waals surface area contributed by atoms with Gasteiger partial charge in [0, 0.05) is 5.02 Å². The second kappa shape index (κ2) is 5.30.